The van der Waals surface area contributed by atoms with Gasteiger partial charge in [-0.15, -0.1) is 25.6 Å². The average Bonchev–Trinajstić information content (AvgIpc) is 3.70. The number of hydrogen-bond donors (Lipinski definition) is 8. The van der Waals surface area contributed by atoms with Crippen molar-refractivity contribution in [3.8, 4) is 23.1 Å². The van der Waals surface area contributed by atoms with Crippen LogP contribution in [0.25, 0.3) is 32.8 Å². The van der Waals surface area contributed by atoms with Crippen LogP contribution in [-0.2, 0) is 50.6 Å². The van der Waals surface area contributed by atoms with Crippen molar-refractivity contribution in [2.75, 3.05) is 10.6 Å². The van der Waals surface area contributed by atoms with E-state index in [1.54, 1.807) is 6.07 Å². The van der Waals surface area contributed by atoms with Gasteiger partial charge in [-0.25, -0.2) is 9.97 Å². The van der Waals surface area contributed by atoms with Crippen LogP contribution >= 0.6 is 11.3 Å². The molecule has 2 aromatic heterocycles. The maximum absolute atomic E-state index is 12.4. The van der Waals surface area contributed by atoms with Crippen LogP contribution in [0.1, 0.15) is 11.1 Å². The summed E-state index contributed by atoms with van der Waals surface area (Å²) in [6.45, 7) is 1.54. The molecule has 81 heavy (non-hydrogen) atoms. The lowest BCUT2D eigenvalue weighted by molar-refractivity contribution is 0.476. The van der Waals surface area contributed by atoms with Crippen molar-refractivity contribution in [3.63, 3.8) is 0 Å². The minimum atomic E-state index is -5.32. The quantitative estimate of drug-likeness (QED) is 0.0329. The van der Waals surface area contributed by atoms with Crippen molar-refractivity contribution < 1.29 is 70.0 Å². The number of anilines is 4. The largest absolute Gasteiger partial charge is 0.506 e. The molecule has 8 N–H and O–H groups in total. The first-order chi connectivity index (χ1) is 38.0. The molecule has 7 aromatic carbocycles. The van der Waals surface area contributed by atoms with Crippen molar-refractivity contribution in [1.29, 1.82) is 5.26 Å². The lowest BCUT2D eigenvalue weighted by atomic mass is 10.1. The summed E-state index contributed by atoms with van der Waals surface area (Å²) in [6.07, 6.45) is 0. The molecule has 0 spiro atoms. The molecular formula is C48H33N11O16S6. The third-order valence-electron chi connectivity index (χ3n) is 11.5. The lowest BCUT2D eigenvalue weighted by Crippen LogP contribution is -2.07. The van der Waals surface area contributed by atoms with Gasteiger partial charge < -0.3 is 15.7 Å². The lowest BCUT2D eigenvalue weighted by Gasteiger charge is -2.16. The van der Waals surface area contributed by atoms with Gasteiger partial charge in [0.05, 0.1) is 31.6 Å². The number of rotatable bonds is 16. The molecule has 2 heterocycles. The maximum Gasteiger partial charge on any atom is 0.295 e. The molecular weight excluding hydrogens is 1180 g/mol. The van der Waals surface area contributed by atoms with Crippen LogP contribution in [-0.4, -0.2) is 79.9 Å². The number of azo groups is 3. The smallest absolute Gasteiger partial charge is 0.295 e. The summed E-state index contributed by atoms with van der Waals surface area (Å²) in [6, 6.07) is 30.9. The van der Waals surface area contributed by atoms with Gasteiger partial charge in [0.15, 0.2) is 16.6 Å². The topological polar surface area (TPSA) is 440 Å². The molecule has 0 unspecified atom stereocenters. The normalized spacial score (nSPS) is 12.7. The molecule has 0 aliphatic rings. The van der Waals surface area contributed by atoms with E-state index in [1.807, 2.05) is 36.4 Å². The average molecular weight is 1210 g/mol. The first-order valence-electron chi connectivity index (χ1n) is 22.3. The zero-order chi connectivity index (χ0) is 58.4. The molecule has 0 saturated heterocycles. The summed E-state index contributed by atoms with van der Waals surface area (Å²) in [7, 11) is -24.9. The number of phenols is 1. The fraction of sp³-hybridized carbons (Fsp3) is 0.0208. The Kier molecular flexibility index (Phi) is 15.2. The van der Waals surface area contributed by atoms with Crippen LogP contribution in [0.4, 0.5) is 55.9 Å². The number of nitrogens with zero attached hydrogens (tertiary/aromatic N) is 9. The molecule has 0 aliphatic carbocycles. The van der Waals surface area contributed by atoms with E-state index in [4.69, 9.17) is 4.98 Å². The molecule has 0 aliphatic heterocycles. The number of aromatic nitrogens is 2. The van der Waals surface area contributed by atoms with E-state index in [1.165, 1.54) is 43.3 Å². The predicted octanol–water partition coefficient (Wildman–Crippen LogP) is 11.4. The number of nitrogens with one attached hydrogen (secondary N) is 2. The van der Waals surface area contributed by atoms with Crippen molar-refractivity contribution in [2.24, 2.45) is 30.7 Å². The Morgan fingerprint density at radius 2 is 1.09 bits per heavy atom. The van der Waals surface area contributed by atoms with Crippen LogP contribution in [0.3, 0.4) is 0 Å². The van der Waals surface area contributed by atoms with Crippen LogP contribution in [0.5, 0.6) is 5.75 Å². The molecule has 33 heteroatoms. The highest BCUT2D eigenvalue weighted by Crippen LogP contribution is 2.44. The summed E-state index contributed by atoms with van der Waals surface area (Å²) >= 11 is 0.913. The Morgan fingerprint density at radius 3 is 1.67 bits per heavy atom. The van der Waals surface area contributed by atoms with Gasteiger partial charge in [-0.3, -0.25) is 22.8 Å². The summed E-state index contributed by atoms with van der Waals surface area (Å²) in [5.41, 5.74) is 0.803. The molecule has 9 rings (SSSR count). The molecule has 0 amide bonds. The number of phenolic OH excluding ortho intramolecular Hbond substituents is 1. The van der Waals surface area contributed by atoms with Gasteiger partial charge in [-0.2, -0.15) is 52.5 Å². The first-order valence-corrected chi connectivity index (χ1v) is 30.3. The Morgan fingerprint density at radius 1 is 0.519 bits per heavy atom. The highest BCUT2D eigenvalue weighted by Gasteiger charge is 2.26. The van der Waals surface area contributed by atoms with Crippen LogP contribution in [0.2, 0.25) is 0 Å². The number of pyridine rings is 1. The van der Waals surface area contributed by atoms with Crippen molar-refractivity contribution in [1.82, 2.24) is 9.97 Å². The maximum atomic E-state index is 12.4. The summed E-state index contributed by atoms with van der Waals surface area (Å²) in [4.78, 5) is 5.13. The van der Waals surface area contributed by atoms with E-state index in [9.17, 15) is 75.2 Å². The van der Waals surface area contributed by atoms with Gasteiger partial charge in [-0.1, -0.05) is 47.7 Å². The molecule has 0 radical (unpaired) electrons. The van der Waals surface area contributed by atoms with Crippen molar-refractivity contribution in [3.05, 3.63) is 145 Å². The third kappa shape index (κ3) is 12.8. The minimum absolute atomic E-state index is 0.00151. The second-order valence-electron chi connectivity index (χ2n) is 16.9. The molecule has 412 valence electrons. The first kappa shape index (κ1) is 56.8. The number of aromatic hydroxyl groups is 1. The van der Waals surface area contributed by atoms with Gasteiger partial charge in [-0.05, 0) is 109 Å². The van der Waals surface area contributed by atoms with Crippen LogP contribution < -0.4 is 10.6 Å². The summed E-state index contributed by atoms with van der Waals surface area (Å²) in [5.74, 6) is -0.642. The van der Waals surface area contributed by atoms with Gasteiger partial charge in [0.2, 0.25) is 5.13 Å². The predicted molar refractivity (Wildman–Crippen MR) is 292 cm³/mol. The van der Waals surface area contributed by atoms with E-state index in [0.29, 0.717) is 23.8 Å². The second kappa shape index (κ2) is 21.6. The van der Waals surface area contributed by atoms with E-state index in [2.05, 4.69) is 52.4 Å². The minimum Gasteiger partial charge on any atom is -0.506 e. The van der Waals surface area contributed by atoms with Gasteiger partial charge in [0, 0.05) is 39.3 Å². The monoisotopic (exact) mass is 1210 g/mol. The Labute approximate surface area is 462 Å². The Balaban J connectivity index is 1.08. The number of fused-ring (bicyclic) bond motifs is 2. The summed E-state index contributed by atoms with van der Waals surface area (Å²) < 4.78 is 169. The number of hydrogen-bond acceptors (Lipinski definition) is 23. The highest BCUT2D eigenvalue weighted by atomic mass is 32.2. The number of benzene rings is 7. The fourth-order valence-electron chi connectivity index (χ4n) is 7.72. The van der Waals surface area contributed by atoms with E-state index in [-0.39, 0.29) is 67.0 Å². The third-order valence-corrected chi connectivity index (χ3v) is 16.7. The molecule has 0 fully saturated rings. The second-order valence-corrected chi connectivity index (χ2v) is 24.9. The zero-order valence-corrected chi connectivity index (χ0v) is 45.3. The van der Waals surface area contributed by atoms with Gasteiger partial charge in [0.1, 0.15) is 38.7 Å². The van der Waals surface area contributed by atoms with Crippen molar-refractivity contribution in [2.45, 2.75) is 31.4 Å². The van der Waals surface area contributed by atoms with Gasteiger partial charge >= 0.3 is 0 Å². The molecule has 0 atom stereocenters. The van der Waals surface area contributed by atoms with E-state index >= 15 is 0 Å². The summed E-state index contributed by atoms with van der Waals surface area (Å²) in [5, 5.41) is 53.2. The Hall–Kier alpha value is -8.92. The SMILES string of the molecule is Cc1c(C#N)c(Nc2ccc(S(=O)(=O)O)cc2)nc(Nc2ccc(S(=O)(=O)O)cc2)c1N=Nc1nc(-c2ccc3ccccc3c2)c(N=Nc2ccc(N=Nc3cc(S(=O)(=O)O)c4cc(S(=O)(=O)O)cc(S(=O)(=O)O)c4c3)c(O)c2)s1. The van der Waals surface area contributed by atoms with Crippen LogP contribution in [0.15, 0.2) is 189 Å². The standard InChI is InChI=1S/C48H33N11O16S6/c1-25-38(24-49)45(50-29-8-13-33(14-9-29)77(61,62)63)53-46(51-30-10-15-34(16-11-30)78(64,65)66)43(25)57-59-48-52-44(28-7-6-26-4-2-3-5-27(26)18-28)47(76-48)58-54-31-12-17-39(40(60)20-31)56-55-32-19-36-37(41(21-32)80(70,71)72)22-35(79(67,68)69)23-42(36)81(73,74)75/h2-23,60H,1H3,(H2,50,51,53)(H,61,62,63)(H,64,65,66)(H,67,68,69)(H,70,71,72)(H,73,74,75). The molecule has 0 bridgehead atoms. The fourth-order valence-corrected chi connectivity index (χ4v) is 11.5. The zero-order valence-electron chi connectivity index (χ0n) is 40.4. The molecule has 0 saturated carbocycles. The number of nitriles is 1. The highest BCUT2D eigenvalue weighted by molar-refractivity contribution is 7.87. The molecule has 27 nitrogen and oxygen atoms in total. The number of thiazole rings is 1. The van der Waals surface area contributed by atoms with E-state index in [0.717, 1.165) is 58.5 Å². The van der Waals surface area contributed by atoms with Crippen molar-refractivity contribution >= 4 is 139 Å². The Bertz CT molecular complexity index is 4830. The van der Waals surface area contributed by atoms with Crippen LogP contribution in [0, 0.1) is 18.3 Å². The van der Waals surface area contributed by atoms with Gasteiger partial charge in [0.25, 0.3) is 50.6 Å². The van der Waals surface area contributed by atoms with E-state index < -0.39 is 97.3 Å². The molecule has 9 aromatic rings.